The molecule has 0 aromatic carbocycles. The molecular weight excluding hydrogens is 322 g/mol. The molecule has 0 bridgehead atoms. The maximum Gasteiger partial charge on any atom is 0.131 e. The van der Waals surface area contributed by atoms with Crippen molar-refractivity contribution in [3.8, 4) is 0 Å². The zero-order valence-electron chi connectivity index (χ0n) is 9.20. The molecule has 0 fully saturated rings. The SMILES string of the molecule is CCc1nc(Br)cc(NCc2ccc(Cl)s2)n1. The first-order valence-corrected chi connectivity index (χ1v) is 7.17. The second-order valence-corrected chi connectivity index (χ2v) is 6.02. The molecule has 0 atom stereocenters. The van der Waals surface area contributed by atoms with Crippen LogP contribution >= 0.6 is 38.9 Å². The second kappa shape index (κ2) is 5.80. The van der Waals surface area contributed by atoms with Crippen molar-refractivity contribution in [3.05, 3.63) is 37.8 Å². The van der Waals surface area contributed by atoms with E-state index in [0.29, 0.717) is 0 Å². The van der Waals surface area contributed by atoms with Gasteiger partial charge >= 0.3 is 0 Å². The maximum absolute atomic E-state index is 5.87. The molecule has 0 spiro atoms. The topological polar surface area (TPSA) is 37.8 Å². The number of aromatic nitrogens is 2. The van der Waals surface area contributed by atoms with Gasteiger partial charge in [0.25, 0.3) is 0 Å². The van der Waals surface area contributed by atoms with E-state index in [1.165, 1.54) is 4.88 Å². The van der Waals surface area contributed by atoms with E-state index >= 15 is 0 Å². The van der Waals surface area contributed by atoms with E-state index in [1.54, 1.807) is 11.3 Å². The van der Waals surface area contributed by atoms with Gasteiger partial charge in [-0.15, -0.1) is 11.3 Å². The number of anilines is 1. The Morgan fingerprint density at radius 2 is 2.24 bits per heavy atom. The highest BCUT2D eigenvalue weighted by Crippen LogP contribution is 2.22. The molecule has 90 valence electrons. The van der Waals surface area contributed by atoms with E-state index in [4.69, 9.17) is 11.6 Å². The van der Waals surface area contributed by atoms with Gasteiger partial charge in [-0.3, -0.25) is 0 Å². The Morgan fingerprint density at radius 1 is 1.41 bits per heavy atom. The largest absolute Gasteiger partial charge is 0.365 e. The van der Waals surface area contributed by atoms with E-state index in [0.717, 1.165) is 33.5 Å². The summed E-state index contributed by atoms with van der Waals surface area (Å²) in [7, 11) is 0. The minimum absolute atomic E-state index is 0.726. The zero-order valence-corrected chi connectivity index (χ0v) is 12.4. The highest BCUT2D eigenvalue weighted by molar-refractivity contribution is 9.10. The molecule has 0 aliphatic heterocycles. The number of aryl methyl sites for hydroxylation is 1. The molecule has 0 saturated heterocycles. The molecule has 2 aromatic rings. The van der Waals surface area contributed by atoms with Crippen molar-refractivity contribution < 1.29 is 0 Å². The number of hydrogen-bond acceptors (Lipinski definition) is 4. The van der Waals surface area contributed by atoms with Crippen molar-refractivity contribution in [1.82, 2.24) is 9.97 Å². The summed E-state index contributed by atoms with van der Waals surface area (Å²) >= 11 is 10.8. The molecule has 0 radical (unpaired) electrons. The van der Waals surface area contributed by atoms with Gasteiger partial charge in [0.05, 0.1) is 10.9 Å². The van der Waals surface area contributed by atoms with Gasteiger partial charge in [0, 0.05) is 17.4 Å². The molecule has 0 amide bonds. The third-order valence-electron chi connectivity index (χ3n) is 2.13. The van der Waals surface area contributed by atoms with Crippen molar-refractivity contribution in [2.24, 2.45) is 0 Å². The minimum Gasteiger partial charge on any atom is -0.365 e. The van der Waals surface area contributed by atoms with Crippen LogP contribution in [0.5, 0.6) is 0 Å². The number of thiophene rings is 1. The highest BCUT2D eigenvalue weighted by atomic mass is 79.9. The smallest absolute Gasteiger partial charge is 0.131 e. The summed E-state index contributed by atoms with van der Waals surface area (Å²) in [5.41, 5.74) is 0. The monoisotopic (exact) mass is 331 g/mol. The highest BCUT2D eigenvalue weighted by Gasteiger charge is 2.02. The van der Waals surface area contributed by atoms with Gasteiger partial charge in [-0.2, -0.15) is 0 Å². The van der Waals surface area contributed by atoms with Gasteiger partial charge in [0.15, 0.2) is 0 Å². The van der Waals surface area contributed by atoms with Crippen LogP contribution in [0.1, 0.15) is 17.6 Å². The molecule has 0 aliphatic rings. The number of hydrogen-bond donors (Lipinski definition) is 1. The Bertz CT molecular complexity index is 515. The molecule has 2 heterocycles. The molecule has 0 aliphatic carbocycles. The lowest BCUT2D eigenvalue weighted by molar-refractivity contribution is 0.923. The molecule has 1 N–H and O–H groups in total. The quantitative estimate of drug-likeness (QED) is 0.856. The normalized spacial score (nSPS) is 10.5. The van der Waals surface area contributed by atoms with Gasteiger partial charge in [-0.25, -0.2) is 9.97 Å². The predicted octanol–water partition coefficient (Wildman–Crippen LogP) is 4.13. The van der Waals surface area contributed by atoms with Gasteiger partial charge in [0.2, 0.25) is 0 Å². The first kappa shape index (κ1) is 12.8. The average molecular weight is 333 g/mol. The standard InChI is InChI=1S/C11H11BrClN3S/c1-2-10-15-8(12)5-11(16-10)14-6-7-3-4-9(13)17-7/h3-5H,2,6H2,1H3,(H,14,15,16). The van der Waals surface area contributed by atoms with Crippen molar-refractivity contribution in [2.45, 2.75) is 19.9 Å². The van der Waals surface area contributed by atoms with Gasteiger partial charge in [-0.05, 0) is 28.1 Å². The van der Waals surface area contributed by atoms with Crippen LogP contribution in [0, 0.1) is 0 Å². The van der Waals surface area contributed by atoms with Crippen LogP contribution in [-0.2, 0) is 13.0 Å². The van der Waals surface area contributed by atoms with E-state index in [2.05, 4.69) is 31.2 Å². The molecule has 17 heavy (non-hydrogen) atoms. The van der Waals surface area contributed by atoms with E-state index in [-0.39, 0.29) is 0 Å². The van der Waals surface area contributed by atoms with Crippen LogP contribution in [-0.4, -0.2) is 9.97 Å². The second-order valence-electron chi connectivity index (χ2n) is 3.41. The summed E-state index contributed by atoms with van der Waals surface area (Å²) < 4.78 is 1.61. The van der Waals surface area contributed by atoms with Crippen LogP contribution in [0.15, 0.2) is 22.8 Å². The Labute approximate surface area is 117 Å². The number of rotatable bonds is 4. The van der Waals surface area contributed by atoms with E-state index < -0.39 is 0 Å². The van der Waals surface area contributed by atoms with Gasteiger partial charge in [-0.1, -0.05) is 18.5 Å². The van der Waals surface area contributed by atoms with Crippen molar-refractivity contribution in [2.75, 3.05) is 5.32 Å². The third kappa shape index (κ3) is 3.66. The molecule has 0 saturated carbocycles. The number of nitrogens with one attached hydrogen (secondary N) is 1. The van der Waals surface area contributed by atoms with Crippen molar-refractivity contribution in [1.29, 1.82) is 0 Å². The van der Waals surface area contributed by atoms with Crippen molar-refractivity contribution >= 4 is 44.7 Å². The summed E-state index contributed by atoms with van der Waals surface area (Å²) in [4.78, 5) is 9.83. The number of halogens is 2. The Kier molecular flexibility index (Phi) is 4.36. The Balaban J connectivity index is 2.05. The third-order valence-corrected chi connectivity index (χ3v) is 3.77. The van der Waals surface area contributed by atoms with E-state index in [1.807, 2.05) is 25.1 Å². The summed E-state index contributed by atoms with van der Waals surface area (Å²) in [6, 6.07) is 5.78. The first-order chi connectivity index (χ1) is 8.17. The predicted molar refractivity (Wildman–Crippen MR) is 75.8 cm³/mol. The fourth-order valence-electron chi connectivity index (χ4n) is 1.34. The minimum atomic E-state index is 0.726. The molecule has 0 unspecified atom stereocenters. The Morgan fingerprint density at radius 3 is 2.88 bits per heavy atom. The molecular formula is C11H11BrClN3S. The molecule has 6 heteroatoms. The van der Waals surface area contributed by atoms with Crippen molar-refractivity contribution in [3.63, 3.8) is 0 Å². The van der Waals surface area contributed by atoms with Crippen LogP contribution in [0.4, 0.5) is 5.82 Å². The summed E-state index contributed by atoms with van der Waals surface area (Å²) in [5.74, 6) is 1.65. The molecule has 3 nitrogen and oxygen atoms in total. The Hall–Kier alpha value is -0.650. The average Bonchev–Trinajstić information content (AvgIpc) is 2.72. The zero-order chi connectivity index (χ0) is 12.3. The fraction of sp³-hybridized carbons (Fsp3) is 0.273. The maximum atomic E-state index is 5.87. The van der Waals surface area contributed by atoms with Crippen LogP contribution in [0.2, 0.25) is 4.34 Å². The van der Waals surface area contributed by atoms with Crippen LogP contribution in [0.3, 0.4) is 0 Å². The van der Waals surface area contributed by atoms with Crippen LogP contribution in [0.25, 0.3) is 0 Å². The van der Waals surface area contributed by atoms with E-state index in [9.17, 15) is 0 Å². The summed E-state index contributed by atoms with van der Waals surface area (Å²) in [6.07, 6.45) is 0.818. The lowest BCUT2D eigenvalue weighted by atomic mass is 10.4. The number of nitrogens with zero attached hydrogens (tertiary/aromatic N) is 2. The lowest BCUT2D eigenvalue weighted by Crippen LogP contribution is -2.03. The van der Waals surface area contributed by atoms with Crippen LogP contribution < -0.4 is 5.32 Å². The fourth-order valence-corrected chi connectivity index (χ4v) is 2.79. The molecule has 2 rings (SSSR count). The molecule has 2 aromatic heterocycles. The van der Waals surface area contributed by atoms with Gasteiger partial charge in [0.1, 0.15) is 16.2 Å². The summed E-state index contributed by atoms with van der Waals surface area (Å²) in [5, 5.41) is 3.26. The summed E-state index contributed by atoms with van der Waals surface area (Å²) in [6.45, 7) is 2.76. The first-order valence-electron chi connectivity index (χ1n) is 5.19. The van der Waals surface area contributed by atoms with Gasteiger partial charge < -0.3 is 5.32 Å². The lowest BCUT2D eigenvalue weighted by Gasteiger charge is -2.05.